The quantitative estimate of drug-likeness (QED) is 0.689. The lowest BCUT2D eigenvalue weighted by Crippen LogP contribution is -2.39. The number of para-hydroxylation sites is 1. The standard InChI is InChI=1S/C20H18N2O3/c1-21-19(24)16-7-2-3-8-17(16)22(20(21)25)12-18(23)15-10-9-13-5-4-6-14(13)11-15/h2-3,7-11H,4-6,12H2,1H3. The van der Waals surface area contributed by atoms with Crippen LogP contribution in [0.25, 0.3) is 10.9 Å². The molecule has 1 aliphatic rings. The summed E-state index contributed by atoms with van der Waals surface area (Å²) in [6, 6.07) is 12.7. The molecule has 4 rings (SSSR count). The van der Waals surface area contributed by atoms with Gasteiger partial charge in [-0.3, -0.25) is 18.7 Å². The minimum atomic E-state index is -0.474. The molecule has 0 saturated heterocycles. The molecule has 25 heavy (non-hydrogen) atoms. The Hall–Kier alpha value is -2.95. The zero-order chi connectivity index (χ0) is 17.6. The molecule has 0 amide bonds. The first-order valence-electron chi connectivity index (χ1n) is 8.40. The van der Waals surface area contributed by atoms with Crippen molar-refractivity contribution in [3.63, 3.8) is 0 Å². The predicted octanol–water partition coefficient (Wildman–Crippen LogP) is 2.07. The number of Topliss-reactive ketones (excluding diaryl/α,β-unsaturated/α-hetero) is 1. The van der Waals surface area contributed by atoms with Gasteiger partial charge in [0, 0.05) is 12.6 Å². The van der Waals surface area contributed by atoms with E-state index in [0.717, 1.165) is 23.8 Å². The molecule has 5 heteroatoms. The van der Waals surface area contributed by atoms with E-state index in [9.17, 15) is 14.4 Å². The third kappa shape index (κ3) is 2.52. The summed E-state index contributed by atoms with van der Waals surface area (Å²) in [4.78, 5) is 37.5. The summed E-state index contributed by atoms with van der Waals surface area (Å²) >= 11 is 0. The number of carbonyl (C=O) groups excluding carboxylic acids is 1. The summed E-state index contributed by atoms with van der Waals surface area (Å²) in [6.07, 6.45) is 3.19. The number of carbonyl (C=O) groups is 1. The summed E-state index contributed by atoms with van der Waals surface area (Å²) < 4.78 is 2.44. The molecule has 2 aromatic carbocycles. The van der Waals surface area contributed by atoms with Crippen LogP contribution in [-0.4, -0.2) is 14.9 Å². The van der Waals surface area contributed by atoms with E-state index < -0.39 is 5.69 Å². The van der Waals surface area contributed by atoms with E-state index >= 15 is 0 Å². The fourth-order valence-corrected chi connectivity index (χ4v) is 3.57. The number of rotatable bonds is 3. The molecular formula is C20H18N2O3. The van der Waals surface area contributed by atoms with Gasteiger partial charge in [-0.1, -0.05) is 24.3 Å². The molecule has 0 saturated carbocycles. The lowest BCUT2D eigenvalue weighted by atomic mass is 10.0. The molecule has 0 spiro atoms. The van der Waals surface area contributed by atoms with E-state index in [2.05, 4.69) is 0 Å². The Balaban J connectivity index is 1.80. The zero-order valence-corrected chi connectivity index (χ0v) is 14.0. The normalized spacial score (nSPS) is 13.2. The summed E-state index contributed by atoms with van der Waals surface area (Å²) in [6.45, 7) is -0.0771. The van der Waals surface area contributed by atoms with Gasteiger partial charge in [-0.25, -0.2) is 4.79 Å². The Morgan fingerprint density at radius 2 is 1.80 bits per heavy atom. The number of fused-ring (bicyclic) bond motifs is 2. The number of hydrogen-bond donors (Lipinski definition) is 0. The molecule has 0 unspecified atom stereocenters. The van der Waals surface area contributed by atoms with E-state index in [1.165, 1.54) is 22.7 Å². The van der Waals surface area contributed by atoms with Crippen LogP contribution in [0.2, 0.25) is 0 Å². The molecule has 1 aliphatic carbocycles. The number of ketones is 1. The number of aromatic nitrogens is 2. The van der Waals surface area contributed by atoms with Crippen molar-refractivity contribution in [2.24, 2.45) is 7.05 Å². The van der Waals surface area contributed by atoms with Gasteiger partial charge >= 0.3 is 5.69 Å². The number of nitrogens with zero attached hydrogens (tertiary/aromatic N) is 2. The minimum Gasteiger partial charge on any atom is -0.292 e. The lowest BCUT2D eigenvalue weighted by Gasteiger charge is -2.12. The van der Waals surface area contributed by atoms with Crippen LogP contribution in [0.4, 0.5) is 0 Å². The summed E-state index contributed by atoms with van der Waals surface area (Å²) in [5.41, 5.74) is 2.82. The van der Waals surface area contributed by atoms with Crippen LogP contribution < -0.4 is 11.2 Å². The van der Waals surface area contributed by atoms with Crippen molar-refractivity contribution in [2.75, 3.05) is 0 Å². The molecule has 3 aromatic rings. The molecular weight excluding hydrogens is 316 g/mol. The van der Waals surface area contributed by atoms with Gasteiger partial charge in [0.15, 0.2) is 5.78 Å². The maximum atomic E-state index is 12.8. The Bertz CT molecular complexity index is 1120. The van der Waals surface area contributed by atoms with Gasteiger partial charge in [-0.15, -0.1) is 0 Å². The zero-order valence-electron chi connectivity index (χ0n) is 14.0. The first-order chi connectivity index (χ1) is 12.1. The SMILES string of the molecule is Cn1c(=O)c2ccccc2n(CC(=O)c2ccc3c(c2)CCC3)c1=O. The van der Waals surface area contributed by atoms with Gasteiger partial charge in [0.2, 0.25) is 0 Å². The fourth-order valence-electron chi connectivity index (χ4n) is 3.57. The molecule has 0 atom stereocenters. The first kappa shape index (κ1) is 15.6. The van der Waals surface area contributed by atoms with E-state index in [1.54, 1.807) is 24.3 Å². The molecule has 0 aliphatic heterocycles. The predicted molar refractivity (Wildman–Crippen MR) is 96.2 cm³/mol. The van der Waals surface area contributed by atoms with Crippen LogP contribution in [-0.2, 0) is 26.4 Å². The van der Waals surface area contributed by atoms with Gasteiger partial charge in [-0.05, 0) is 48.6 Å². The molecule has 126 valence electrons. The van der Waals surface area contributed by atoms with Crippen molar-refractivity contribution < 1.29 is 4.79 Å². The fraction of sp³-hybridized carbons (Fsp3) is 0.250. The second-order valence-corrected chi connectivity index (χ2v) is 6.51. The van der Waals surface area contributed by atoms with Crippen LogP contribution in [0, 0.1) is 0 Å². The van der Waals surface area contributed by atoms with Crippen LogP contribution in [0.3, 0.4) is 0 Å². The Morgan fingerprint density at radius 1 is 1.04 bits per heavy atom. The second-order valence-electron chi connectivity index (χ2n) is 6.51. The number of hydrogen-bond acceptors (Lipinski definition) is 3. The smallest absolute Gasteiger partial charge is 0.292 e. The molecule has 0 fully saturated rings. The van der Waals surface area contributed by atoms with Crippen LogP contribution in [0.15, 0.2) is 52.1 Å². The first-order valence-corrected chi connectivity index (χ1v) is 8.40. The summed E-state index contributed by atoms with van der Waals surface area (Å²) in [5.74, 6) is -0.124. The van der Waals surface area contributed by atoms with Gasteiger partial charge in [0.25, 0.3) is 5.56 Å². The van der Waals surface area contributed by atoms with Gasteiger partial charge in [0.05, 0.1) is 17.4 Å². The van der Waals surface area contributed by atoms with E-state index in [4.69, 9.17) is 0 Å². The monoisotopic (exact) mass is 334 g/mol. The number of benzene rings is 2. The maximum Gasteiger partial charge on any atom is 0.331 e. The van der Waals surface area contributed by atoms with Crippen molar-refractivity contribution in [1.29, 1.82) is 0 Å². The van der Waals surface area contributed by atoms with E-state index in [1.807, 2.05) is 18.2 Å². The van der Waals surface area contributed by atoms with E-state index in [0.29, 0.717) is 16.5 Å². The van der Waals surface area contributed by atoms with Gasteiger partial charge in [0.1, 0.15) is 0 Å². The Morgan fingerprint density at radius 3 is 2.64 bits per heavy atom. The van der Waals surface area contributed by atoms with Crippen molar-refractivity contribution in [3.05, 3.63) is 80.0 Å². The van der Waals surface area contributed by atoms with Crippen LogP contribution >= 0.6 is 0 Å². The highest BCUT2D eigenvalue weighted by molar-refractivity contribution is 5.97. The molecule has 0 radical (unpaired) electrons. The van der Waals surface area contributed by atoms with E-state index in [-0.39, 0.29) is 17.9 Å². The second kappa shape index (κ2) is 5.84. The molecule has 0 N–H and O–H groups in total. The average Bonchev–Trinajstić information content (AvgIpc) is 3.11. The van der Waals surface area contributed by atoms with Crippen LogP contribution in [0.1, 0.15) is 27.9 Å². The third-order valence-electron chi connectivity index (χ3n) is 4.97. The molecule has 5 nitrogen and oxygen atoms in total. The highest BCUT2D eigenvalue weighted by Gasteiger charge is 2.17. The number of aryl methyl sites for hydroxylation is 2. The third-order valence-corrected chi connectivity index (χ3v) is 4.97. The van der Waals surface area contributed by atoms with Crippen molar-refractivity contribution in [3.8, 4) is 0 Å². The minimum absolute atomic E-state index is 0.0771. The highest BCUT2D eigenvalue weighted by Crippen LogP contribution is 2.23. The lowest BCUT2D eigenvalue weighted by molar-refractivity contribution is 0.0971. The van der Waals surface area contributed by atoms with Gasteiger partial charge < -0.3 is 0 Å². The summed E-state index contributed by atoms with van der Waals surface area (Å²) in [5, 5.41) is 0.436. The van der Waals surface area contributed by atoms with Crippen molar-refractivity contribution in [2.45, 2.75) is 25.8 Å². The van der Waals surface area contributed by atoms with Crippen molar-refractivity contribution in [1.82, 2.24) is 9.13 Å². The summed E-state index contributed by atoms with van der Waals surface area (Å²) in [7, 11) is 1.44. The molecule has 1 heterocycles. The highest BCUT2D eigenvalue weighted by atomic mass is 16.2. The van der Waals surface area contributed by atoms with Gasteiger partial charge in [-0.2, -0.15) is 0 Å². The topological polar surface area (TPSA) is 61.1 Å². The molecule has 1 aromatic heterocycles. The van der Waals surface area contributed by atoms with Crippen LogP contribution in [0.5, 0.6) is 0 Å². The average molecular weight is 334 g/mol. The molecule has 0 bridgehead atoms. The Labute approximate surface area is 144 Å². The largest absolute Gasteiger partial charge is 0.331 e. The Kier molecular flexibility index (Phi) is 3.64. The van der Waals surface area contributed by atoms with Crippen molar-refractivity contribution >= 4 is 16.7 Å². The maximum absolute atomic E-state index is 12.8.